The zero-order valence-electron chi connectivity index (χ0n) is 15.0. The topological polar surface area (TPSA) is 72.6 Å². The summed E-state index contributed by atoms with van der Waals surface area (Å²) in [5, 5.41) is 4.34. The van der Waals surface area contributed by atoms with Gasteiger partial charge in [0.2, 0.25) is 0 Å². The Labute approximate surface area is 142 Å². The molecule has 1 fully saturated rings. The number of ether oxygens (including phenoxy) is 1. The van der Waals surface area contributed by atoms with E-state index in [-0.39, 0.29) is 11.9 Å². The molecule has 1 aliphatic rings. The van der Waals surface area contributed by atoms with E-state index in [0.717, 1.165) is 43.0 Å². The zero-order chi connectivity index (χ0) is 17.5. The van der Waals surface area contributed by atoms with E-state index in [0.29, 0.717) is 5.78 Å². The van der Waals surface area contributed by atoms with Crippen molar-refractivity contribution < 1.29 is 9.53 Å². The van der Waals surface area contributed by atoms with Crippen LogP contribution < -0.4 is 4.90 Å². The van der Waals surface area contributed by atoms with E-state index in [1.165, 1.54) is 13.4 Å². The molecule has 7 heteroatoms. The molecule has 0 saturated carbocycles. The Hall–Kier alpha value is -2.18. The zero-order valence-corrected chi connectivity index (χ0v) is 15.0. The number of carbonyl (C=O) groups excluding carboxylic acids is 1. The Morgan fingerprint density at radius 3 is 2.83 bits per heavy atom. The van der Waals surface area contributed by atoms with Crippen LogP contribution in [0, 0.1) is 25.2 Å². The average molecular weight is 331 g/mol. The summed E-state index contributed by atoms with van der Waals surface area (Å²) in [6, 6.07) is 0. The fourth-order valence-corrected chi connectivity index (χ4v) is 3.57. The molecule has 0 bridgehead atoms. The third-order valence-electron chi connectivity index (χ3n) is 5.33. The lowest BCUT2D eigenvalue weighted by atomic mass is 9.74. The van der Waals surface area contributed by atoms with Crippen molar-refractivity contribution in [2.75, 3.05) is 25.1 Å². The lowest BCUT2D eigenvalue weighted by molar-refractivity contribution is -0.154. The van der Waals surface area contributed by atoms with Gasteiger partial charge in [-0.25, -0.2) is 4.98 Å². The van der Waals surface area contributed by atoms with Crippen molar-refractivity contribution in [1.29, 1.82) is 0 Å². The molecule has 0 N–H and O–H groups in total. The summed E-state index contributed by atoms with van der Waals surface area (Å²) in [7, 11) is 1.46. The third-order valence-corrected chi connectivity index (χ3v) is 5.33. The minimum atomic E-state index is -0.509. The molecule has 0 radical (unpaired) electrons. The molecule has 3 rings (SSSR count). The van der Waals surface area contributed by atoms with Gasteiger partial charge in [-0.3, -0.25) is 4.79 Å². The molecule has 0 amide bonds. The number of piperidine rings is 1. The molecule has 130 valence electrons. The molecule has 1 aliphatic heterocycles. The van der Waals surface area contributed by atoms with Gasteiger partial charge in [0, 0.05) is 24.3 Å². The number of methoxy groups -OCH3 is 1. The summed E-state index contributed by atoms with van der Waals surface area (Å²) < 4.78 is 6.82. The summed E-state index contributed by atoms with van der Waals surface area (Å²) in [5.74, 6) is 1.72. The number of rotatable bonds is 3. The Kier molecular flexibility index (Phi) is 4.19. The van der Waals surface area contributed by atoms with Crippen LogP contribution in [-0.4, -0.2) is 45.8 Å². The fourth-order valence-electron chi connectivity index (χ4n) is 3.57. The average Bonchev–Trinajstić information content (AvgIpc) is 3.02. The second kappa shape index (κ2) is 6.03. The number of fused-ring (bicyclic) bond motifs is 1. The number of hydrogen-bond acceptors (Lipinski definition) is 6. The van der Waals surface area contributed by atoms with Crippen molar-refractivity contribution in [3.8, 4) is 0 Å². The van der Waals surface area contributed by atoms with Crippen molar-refractivity contribution in [3.63, 3.8) is 0 Å². The van der Waals surface area contributed by atoms with Crippen molar-refractivity contribution in [2.24, 2.45) is 11.3 Å². The summed E-state index contributed by atoms with van der Waals surface area (Å²) >= 11 is 0. The summed E-state index contributed by atoms with van der Waals surface area (Å²) in [6.07, 6.45) is 3.58. The fraction of sp³-hybridized carbons (Fsp3) is 0.647. The monoisotopic (exact) mass is 331 g/mol. The molecule has 0 aromatic carbocycles. The molecule has 1 unspecified atom stereocenters. The Morgan fingerprint density at radius 1 is 1.38 bits per heavy atom. The SMILES string of the molecule is COC(=O)C(C)(C)C1CCCN(c2c(C)c(C)nc3ncnn23)C1. The highest BCUT2D eigenvalue weighted by Gasteiger charge is 2.40. The number of esters is 1. The van der Waals surface area contributed by atoms with Crippen LogP contribution in [0.15, 0.2) is 6.33 Å². The lowest BCUT2D eigenvalue weighted by Crippen LogP contribution is -2.46. The van der Waals surface area contributed by atoms with Gasteiger partial charge in [-0.15, -0.1) is 0 Å². The maximum Gasteiger partial charge on any atom is 0.311 e. The molecule has 0 spiro atoms. The number of carbonyl (C=O) groups is 1. The molecule has 1 atom stereocenters. The molecular weight excluding hydrogens is 306 g/mol. The molecule has 2 aromatic heterocycles. The van der Waals surface area contributed by atoms with Crippen LogP contribution in [0.3, 0.4) is 0 Å². The van der Waals surface area contributed by atoms with Crippen LogP contribution in [0.5, 0.6) is 0 Å². The van der Waals surface area contributed by atoms with Gasteiger partial charge >= 0.3 is 5.97 Å². The third kappa shape index (κ3) is 2.61. The Balaban J connectivity index is 1.98. The van der Waals surface area contributed by atoms with Crippen LogP contribution in [-0.2, 0) is 9.53 Å². The maximum absolute atomic E-state index is 12.2. The second-order valence-electron chi connectivity index (χ2n) is 7.12. The van der Waals surface area contributed by atoms with Gasteiger partial charge in [-0.1, -0.05) is 0 Å². The number of nitrogens with zero attached hydrogens (tertiary/aromatic N) is 5. The summed E-state index contributed by atoms with van der Waals surface area (Å²) in [4.78, 5) is 23.2. The van der Waals surface area contributed by atoms with Gasteiger partial charge in [0.05, 0.1) is 12.5 Å². The number of aryl methyl sites for hydroxylation is 1. The first kappa shape index (κ1) is 16.7. The first-order valence-electron chi connectivity index (χ1n) is 8.36. The molecule has 2 aromatic rings. The van der Waals surface area contributed by atoms with Crippen molar-refractivity contribution in [2.45, 2.75) is 40.5 Å². The van der Waals surface area contributed by atoms with Gasteiger partial charge in [0.1, 0.15) is 12.1 Å². The highest BCUT2D eigenvalue weighted by atomic mass is 16.5. The maximum atomic E-state index is 12.2. The van der Waals surface area contributed by atoms with E-state index in [2.05, 4.69) is 26.9 Å². The molecule has 24 heavy (non-hydrogen) atoms. The quantitative estimate of drug-likeness (QED) is 0.803. The van der Waals surface area contributed by atoms with E-state index < -0.39 is 5.41 Å². The lowest BCUT2D eigenvalue weighted by Gasteiger charge is -2.41. The van der Waals surface area contributed by atoms with Crippen LogP contribution in [0.25, 0.3) is 5.78 Å². The largest absolute Gasteiger partial charge is 0.469 e. The normalized spacial score (nSPS) is 18.9. The molecule has 7 nitrogen and oxygen atoms in total. The summed E-state index contributed by atoms with van der Waals surface area (Å²) in [6.45, 7) is 9.74. The van der Waals surface area contributed by atoms with Crippen molar-refractivity contribution >= 4 is 17.6 Å². The predicted octanol–water partition coefficient (Wildman–Crippen LogP) is 2.16. The summed E-state index contributed by atoms with van der Waals surface area (Å²) in [5.41, 5.74) is 1.55. The first-order chi connectivity index (χ1) is 11.4. The van der Waals surface area contributed by atoms with Crippen LogP contribution in [0.2, 0.25) is 0 Å². The van der Waals surface area contributed by atoms with Gasteiger partial charge < -0.3 is 9.64 Å². The highest BCUT2D eigenvalue weighted by Crippen LogP contribution is 2.37. The van der Waals surface area contributed by atoms with E-state index >= 15 is 0 Å². The van der Waals surface area contributed by atoms with E-state index in [1.807, 2.05) is 20.8 Å². The minimum Gasteiger partial charge on any atom is -0.469 e. The molecule has 3 heterocycles. The van der Waals surface area contributed by atoms with Gasteiger partial charge in [-0.05, 0) is 46.5 Å². The second-order valence-corrected chi connectivity index (χ2v) is 7.12. The Morgan fingerprint density at radius 2 is 2.12 bits per heavy atom. The van der Waals surface area contributed by atoms with Crippen molar-refractivity contribution in [3.05, 3.63) is 17.6 Å². The number of anilines is 1. The van der Waals surface area contributed by atoms with Crippen LogP contribution in [0.1, 0.15) is 37.9 Å². The standard InChI is InChI=1S/C17H25N5O2/c1-11-12(2)20-16-18-10-19-22(16)14(11)21-8-6-7-13(9-21)17(3,4)15(23)24-5/h10,13H,6-9H2,1-5H3. The smallest absolute Gasteiger partial charge is 0.311 e. The van der Waals surface area contributed by atoms with Gasteiger partial charge in [-0.2, -0.15) is 14.6 Å². The molecule has 0 aliphatic carbocycles. The van der Waals surface area contributed by atoms with Crippen molar-refractivity contribution in [1.82, 2.24) is 19.6 Å². The number of hydrogen-bond donors (Lipinski definition) is 0. The van der Waals surface area contributed by atoms with Gasteiger partial charge in [0.25, 0.3) is 5.78 Å². The van der Waals surface area contributed by atoms with Gasteiger partial charge in [0.15, 0.2) is 0 Å². The molecular formula is C17H25N5O2. The Bertz CT molecular complexity index is 768. The highest BCUT2D eigenvalue weighted by molar-refractivity contribution is 5.76. The number of aromatic nitrogens is 4. The van der Waals surface area contributed by atoms with E-state index in [1.54, 1.807) is 4.52 Å². The van der Waals surface area contributed by atoms with E-state index in [9.17, 15) is 4.79 Å². The molecule has 1 saturated heterocycles. The van der Waals surface area contributed by atoms with Crippen LogP contribution >= 0.6 is 0 Å². The first-order valence-corrected chi connectivity index (χ1v) is 8.36. The van der Waals surface area contributed by atoms with Crippen LogP contribution in [0.4, 0.5) is 5.82 Å². The predicted molar refractivity (Wildman–Crippen MR) is 91.0 cm³/mol. The van der Waals surface area contributed by atoms with E-state index in [4.69, 9.17) is 4.74 Å². The minimum absolute atomic E-state index is 0.150.